The lowest BCUT2D eigenvalue weighted by Crippen LogP contribution is -2.38. The molecule has 1 fully saturated rings. The fraction of sp³-hybridized carbons (Fsp3) is 0.632. The molecule has 2 rings (SSSR count). The number of benzene rings is 1. The maximum absolute atomic E-state index is 11.9. The number of esters is 1. The van der Waals surface area contributed by atoms with Gasteiger partial charge in [-0.25, -0.2) is 4.79 Å². The number of hydrogen-bond acceptors (Lipinski definition) is 3. The molecule has 1 aromatic rings. The molecule has 0 bridgehead atoms. The van der Waals surface area contributed by atoms with Crippen molar-refractivity contribution in [2.45, 2.75) is 58.9 Å². The predicted molar refractivity (Wildman–Crippen MR) is 91.6 cm³/mol. The quantitative estimate of drug-likeness (QED) is 0.746. The first-order valence-electron chi connectivity index (χ1n) is 8.56. The fourth-order valence-electron chi connectivity index (χ4n) is 3.76. The van der Waals surface area contributed by atoms with Gasteiger partial charge in [0.15, 0.2) is 0 Å². The highest BCUT2D eigenvalue weighted by Crippen LogP contribution is 2.33. The summed E-state index contributed by atoms with van der Waals surface area (Å²) in [6.45, 7) is 7.51. The van der Waals surface area contributed by atoms with Crippen LogP contribution in [0.25, 0.3) is 0 Å². The van der Waals surface area contributed by atoms with Crippen LogP contribution in [0.5, 0.6) is 0 Å². The number of nitrogens with zero attached hydrogens (tertiary/aromatic N) is 1. The van der Waals surface area contributed by atoms with Crippen LogP contribution < -0.4 is 4.90 Å². The standard InChI is InChI=1S/C19H29NO2/c1-5-15-10-12-16(13-11-15)20(6-2)18-9-7-8-17(14(18)3)19(21)22-4/h7-9,15-16H,5-6,10-13H2,1-4H3. The van der Waals surface area contributed by atoms with E-state index in [4.69, 9.17) is 4.74 Å². The fourth-order valence-corrected chi connectivity index (χ4v) is 3.76. The molecule has 122 valence electrons. The SMILES string of the molecule is CCC1CCC(N(CC)c2cccc(C(=O)OC)c2C)CC1. The zero-order chi connectivity index (χ0) is 16.1. The molecule has 3 nitrogen and oxygen atoms in total. The van der Waals surface area contributed by atoms with Gasteiger partial charge in [0.25, 0.3) is 0 Å². The molecule has 22 heavy (non-hydrogen) atoms. The van der Waals surface area contributed by atoms with Gasteiger partial charge in [0, 0.05) is 18.3 Å². The second kappa shape index (κ2) is 7.66. The van der Waals surface area contributed by atoms with Crippen LogP contribution in [-0.4, -0.2) is 25.7 Å². The van der Waals surface area contributed by atoms with Crippen LogP contribution in [0, 0.1) is 12.8 Å². The summed E-state index contributed by atoms with van der Waals surface area (Å²) >= 11 is 0. The van der Waals surface area contributed by atoms with Crippen LogP contribution in [0.2, 0.25) is 0 Å². The first-order chi connectivity index (χ1) is 10.6. The Labute approximate surface area is 134 Å². The summed E-state index contributed by atoms with van der Waals surface area (Å²) < 4.78 is 4.90. The Morgan fingerprint density at radius 2 is 1.91 bits per heavy atom. The third-order valence-electron chi connectivity index (χ3n) is 5.20. The molecule has 0 aromatic heterocycles. The van der Waals surface area contributed by atoms with E-state index in [0.29, 0.717) is 11.6 Å². The molecular formula is C19H29NO2. The molecule has 3 heteroatoms. The number of rotatable bonds is 5. The van der Waals surface area contributed by atoms with Gasteiger partial charge in [-0.1, -0.05) is 19.4 Å². The average molecular weight is 303 g/mol. The molecule has 1 aromatic carbocycles. The van der Waals surface area contributed by atoms with Crippen molar-refractivity contribution in [1.82, 2.24) is 0 Å². The predicted octanol–water partition coefficient (Wildman–Crippen LogP) is 4.58. The van der Waals surface area contributed by atoms with E-state index in [2.05, 4.69) is 24.8 Å². The molecule has 0 unspecified atom stereocenters. The Kier molecular flexibility index (Phi) is 5.87. The Bertz CT molecular complexity index is 504. The van der Waals surface area contributed by atoms with E-state index in [1.54, 1.807) is 0 Å². The lowest BCUT2D eigenvalue weighted by molar-refractivity contribution is 0.0600. The van der Waals surface area contributed by atoms with Crippen LogP contribution >= 0.6 is 0 Å². The van der Waals surface area contributed by atoms with Crippen molar-refractivity contribution < 1.29 is 9.53 Å². The average Bonchev–Trinajstić information content (AvgIpc) is 2.57. The Morgan fingerprint density at radius 3 is 2.45 bits per heavy atom. The van der Waals surface area contributed by atoms with Gasteiger partial charge in [0.1, 0.15) is 0 Å². The first kappa shape index (κ1) is 16.9. The van der Waals surface area contributed by atoms with Gasteiger partial charge in [-0.3, -0.25) is 0 Å². The number of ether oxygens (including phenoxy) is 1. The van der Waals surface area contributed by atoms with E-state index in [1.807, 2.05) is 19.1 Å². The summed E-state index contributed by atoms with van der Waals surface area (Å²) in [6.07, 6.45) is 6.47. The zero-order valence-electron chi connectivity index (χ0n) is 14.4. The van der Waals surface area contributed by atoms with Crippen molar-refractivity contribution in [3.05, 3.63) is 29.3 Å². The highest BCUT2D eigenvalue weighted by atomic mass is 16.5. The Morgan fingerprint density at radius 1 is 1.23 bits per heavy atom. The highest BCUT2D eigenvalue weighted by Gasteiger charge is 2.26. The number of hydrogen-bond donors (Lipinski definition) is 0. The first-order valence-corrected chi connectivity index (χ1v) is 8.56. The van der Waals surface area contributed by atoms with E-state index >= 15 is 0 Å². The van der Waals surface area contributed by atoms with Crippen molar-refractivity contribution in [1.29, 1.82) is 0 Å². The number of carbonyl (C=O) groups excluding carboxylic acids is 1. The second-order valence-corrected chi connectivity index (χ2v) is 6.31. The van der Waals surface area contributed by atoms with Gasteiger partial charge in [0.2, 0.25) is 0 Å². The summed E-state index contributed by atoms with van der Waals surface area (Å²) in [5, 5.41) is 0. The maximum atomic E-state index is 11.9. The molecule has 1 saturated carbocycles. The Hall–Kier alpha value is -1.51. The molecule has 0 amide bonds. The van der Waals surface area contributed by atoms with Gasteiger partial charge < -0.3 is 9.64 Å². The van der Waals surface area contributed by atoms with E-state index in [0.717, 1.165) is 18.0 Å². The second-order valence-electron chi connectivity index (χ2n) is 6.31. The van der Waals surface area contributed by atoms with Gasteiger partial charge in [-0.2, -0.15) is 0 Å². The van der Waals surface area contributed by atoms with Crippen LogP contribution in [-0.2, 0) is 4.74 Å². The number of methoxy groups -OCH3 is 1. The van der Waals surface area contributed by atoms with Crippen LogP contribution in [0.1, 0.15) is 61.9 Å². The largest absolute Gasteiger partial charge is 0.465 e. The maximum Gasteiger partial charge on any atom is 0.338 e. The highest BCUT2D eigenvalue weighted by molar-refractivity contribution is 5.92. The molecule has 0 atom stereocenters. The van der Waals surface area contributed by atoms with Gasteiger partial charge in [0.05, 0.1) is 12.7 Å². The number of carbonyl (C=O) groups is 1. The molecule has 0 aliphatic heterocycles. The van der Waals surface area contributed by atoms with Crippen LogP contribution in [0.15, 0.2) is 18.2 Å². The topological polar surface area (TPSA) is 29.5 Å². The molecule has 0 saturated heterocycles. The molecule has 0 spiro atoms. The van der Waals surface area contributed by atoms with Crippen LogP contribution in [0.3, 0.4) is 0 Å². The van der Waals surface area contributed by atoms with Crippen molar-refractivity contribution >= 4 is 11.7 Å². The van der Waals surface area contributed by atoms with E-state index in [9.17, 15) is 4.79 Å². The monoisotopic (exact) mass is 303 g/mol. The summed E-state index contributed by atoms with van der Waals surface area (Å²) in [5.74, 6) is 0.655. The molecule has 1 aliphatic rings. The molecular weight excluding hydrogens is 274 g/mol. The minimum Gasteiger partial charge on any atom is -0.465 e. The molecule has 0 radical (unpaired) electrons. The normalized spacial score (nSPS) is 21.5. The van der Waals surface area contributed by atoms with Gasteiger partial charge >= 0.3 is 5.97 Å². The van der Waals surface area contributed by atoms with Crippen molar-refractivity contribution in [2.24, 2.45) is 5.92 Å². The lowest BCUT2D eigenvalue weighted by atomic mass is 9.83. The summed E-state index contributed by atoms with van der Waals surface area (Å²) in [5.41, 5.74) is 2.90. The van der Waals surface area contributed by atoms with Gasteiger partial charge in [-0.05, 0) is 63.1 Å². The lowest BCUT2D eigenvalue weighted by Gasteiger charge is -2.38. The van der Waals surface area contributed by atoms with Gasteiger partial charge in [-0.15, -0.1) is 0 Å². The van der Waals surface area contributed by atoms with E-state index in [1.165, 1.54) is 44.9 Å². The van der Waals surface area contributed by atoms with Crippen molar-refractivity contribution in [3.8, 4) is 0 Å². The molecule has 0 heterocycles. The minimum absolute atomic E-state index is 0.245. The minimum atomic E-state index is -0.245. The third-order valence-corrected chi connectivity index (χ3v) is 5.20. The van der Waals surface area contributed by atoms with Crippen molar-refractivity contribution in [2.75, 3.05) is 18.6 Å². The molecule has 1 aliphatic carbocycles. The zero-order valence-corrected chi connectivity index (χ0v) is 14.4. The summed E-state index contributed by atoms with van der Waals surface area (Å²) in [6, 6.07) is 6.55. The van der Waals surface area contributed by atoms with Crippen LogP contribution in [0.4, 0.5) is 5.69 Å². The number of anilines is 1. The smallest absolute Gasteiger partial charge is 0.338 e. The van der Waals surface area contributed by atoms with E-state index < -0.39 is 0 Å². The van der Waals surface area contributed by atoms with Crippen molar-refractivity contribution in [3.63, 3.8) is 0 Å². The molecule has 0 N–H and O–H groups in total. The summed E-state index contributed by atoms with van der Waals surface area (Å²) in [4.78, 5) is 14.4. The third kappa shape index (κ3) is 3.45. The summed E-state index contributed by atoms with van der Waals surface area (Å²) in [7, 11) is 1.44. The Balaban J connectivity index is 2.23. The van der Waals surface area contributed by atoms with E-state index in [-0.39, 0.29) is 5.97 Å².